The maximum Gasteiger partial charge on any atom is 0.303 e. The Balaban J connectivity index is 1.89. The molecule has 1 unspecified atom stereocenters. The minimum atomic E-state index is -0.689. The van der Waals surface area contributed by atoms with Gasteiger partial charge in [-0.05, 0) is 24.5 Å². The van der Waals surface area contributed by atoms with Crippen LogP contribution in [0.4, 0.5) is 0 Å². The zero-order valence-corrected chi connectivity index (χ0v) is 13.0. The van der Waals surface area contributed by atoms with E-state index in [2.05, 4.69) is 16.4 Å². The molecule has 1 amide bonds. The fraction of sp³-hybridized carbons (Fsp3) is 0.412. The van der Waals surface area contributed by atoms with Gasteiger partial charge in [0.15, 0.2) is 6.10 Å². The molecule has 2 aromatic rings. The molecule has 5 nitrogen and oxygen atoms in total. The quantitative estimate of drug-likeness (QED) is 0.772. The van der Waals surface area contributed by atoms with E-state index in [1.807, 2.05) is 31.3 Å². The normalized spacial score (nSPS) is 12.1. The molecule has 118 valence electrons. The molecule has 0 radical (unpaired) electrons. The highest BCUT2D eigenvalue weighted by molar-refractivity contribution is 5.84. The van der Waals surface area contributed by atoms with Gasteiger partial charge in [-0.2, -0.15) is 0 Å². The summed E-state index contributed by atoms with van der Waals surface area (Å²) in [6.45, 7) is 3.79. The lowest BCUT2D eigenvalue weighted by molar-refractivity contribution is -0.154. The lowest BCUT2D eigenvalue weighted by Crippen LogP contribution is -2.38. The van der Waals surface area contributed by atoms with Crippen molar-refractivity contribution in [1.29, 1.82) is 0 Å². The van der Waals surface area contributed by atoms with Crippen molar-refractivity contribution in [1.82, 2.24) is 10.3 Å². The SMILES string of the molecule is CCCC(OC(C)=O)C(=O)NCCc1c[nH]c2ccccc12. The Kier molecular flexibility index (Phi) is 5.58. The van der Waals surface area contributed by atoms with Crippen LogP contribution in [0.5, 0.6) is 0 Å². The lowest BCUT2D eigenvalue weighted by Gasteiger charge is -2.15. The Morgan fingerprint density at radius 1 is 1.32 bits per heavy atom. The molecule has 0 aliphatic rings. The van der Waals surface area contributed by atoms with Crippen LogP contribution in [0.1, 0.15) is 32.3 Å². The molecule has 0 saturated carbocycles. The summed E-state index contributed by atoms with van der Waals surface area (Å²) in [6, 6.07) is 8.06. The number of nitrogens with one attached hydrogen (secondary N) is 2. The summed E-state index contributed by atoms with van der Waals surface area (Å²) >= 11 is 0. The van der Waals surface area contributed by atoms with E-state index in [0.29, 0.717) is 13.0 Å². The van der Waals surface area contributed by atoms with Crippen LogP contribution in [0, 0.1) is 0 Å². The van der Waals surface area contributed by atoms with Crippen molar-refractivity contribution in [2.24, 2.45) is 0 Å². The second kappa shape index (κ2) is 7.64. The number of carbonyl (C=O) groups is 2. The summed E-state index contributed by atoms with van der Waals surface area (Å²) in [7, 11) is 0. The van der Waals surface area contributed by atoms with Crippen LogP contribution in [0.15, 0.2) is 30.5 Å². The first-order valence-corrected chi connectivity index (χ1v) is 7.61. The number of aromatic amines is 1. The Hall–Kier alpha value is -2.30. The summed E-state index contributed by atoms with van der Waals surface area (Å²) in [5, 5.41) is 4.01. The standard InChI is InChI=1S/C17H22N2O3/c1-3-6-16(22-12(2)20)17(21)18-10-9-13-11-19-15-8-5-4-7-14(13)15/h4-5,7-8,11,16,19H,3,6,9-10H2,1-2H3,(H,18,21). The van der Waals surface area contributed by atoms with Crippen molar-refractivity contribution < 1.29 is 14.3 Å². The molecule has 0 spiro atoms. The van der Waals surface area contributed by atoms with Gasteiger partial charge in [0.25, 0.3) is 5.91 Å². The predicted molar refractivity (Wildman–Crippen MR) is 85.5 cm³/mol. The highest BCUT2D eigenvalue weighted by Gasteiger charge is 2.20. The zero-order chi connectivity index (χ0) is 15.9. The van der Waals surface area contributed by atoms with Crippen LogP contribution in [0.25, 0.3) is 10.9 Å². The van der Waals surface area contributed by atoms with Crippen LogP contribution in [-0.2, 0) is 20.7 Å². The minimum absolute atomic E-state index is 0.225. The van der Waals surface area contributed by atoms with E-state index >= 15 is 0 Å². The monoisotopic (exact) mass is 302 g/mol. The first-order chi connectivity index (χ1) is 10.6. The molecule has 1 aromatic heterocycles. The number of hydrogen-bond acceptors (Lipinski definition) is 3. The number of rotatable bonds is 7. The molecule has 0 saturated heterocycles. The summed E-state index contributed by atoms with van der Waals surface area (Å²) < 4.78 is 5.05. The second-order valence-electron chi connectivity index (χ2n) is 5.29. The molecular formula is C17H22N2O3. The van der Waals surface area contributed by atoms with Crippen LogP contribution in [0.2, 0.25) is 0 Å². The second-order valence-corrected chi connectivity index (χ2v) is 5.29. The number of carbonyl (C=O) groups excluding carboxylic acids is 2. The van der Waals surface area contributed by atoms with E-state index in [0.717, 1.165) is 23.9 Å². The number of para-hydroxylation sites is 1. The third-order valence-electron chi connectivity index (χ3n) is 3.52. The molecule has 0 aliphatic heterocycles. The third-order valence-corrected chi connectivity index (χ3v) is 3.52. The molecule has 1 aromatic carbocycles. The maximum atomic E-state index is 12.1. The molecular weight excluding hydrogens is 280 g/mol. The average Bonchev–Trinajstić information content (AvgIpc) is 2.90. The molecule has 0 bridgehead atoms. The number of benzene rings is 1. The predicted octanol–water partition coefficient (Wildman–Crippen LogP) is 2.56. The van der Waals surface area contributed by atoms with E-state index < -0.39 is 12.1 Å². The van der Waals surface area contributed by atoms with E-state index in [4.69, 9.17) is 4.74 Å². The van der Waals surface area contributed by atoms with Crippen molar-refractivity contribution in [2.45, 2.75) is 39.2 Å². The van der Waals surface area contributed by atoms with Gasteiger partial charge in [-0.25, -0.2) is 0 Å². The number of hydrogen-bond donors (Lipinski definition) is 2. The number of fused-ring (bicyclic) bond motifs is 1. The van der Waals surface area contributed by atoms with E-state index in [9.17, 15) is 9.59 Å². The number of esters is 1. The van der Waals surface area contributed by atoms with Gasteiger partial charge >= 0.3 is 5.97 Å². The van der Waals surface area contributed by atoms with Gasteiger partial charge in [-0.1, -0.05) is 31.5 Å². The fourth-order valence-electron chi connectivity index (χ4n) is 2.48. The van der Waals surface area contributed by atoms with E-state index in [1.165, 1.54) is 12.3 Å². The molecule has 1 atom stereocenters. The largest absolute Gasteiger partial charge is 0.452 e. The molecule has 5 heteroatoms. The first-order valence-electron chi connectivity index (χ1n) is 7.61. The third kappa shape index (κ3) is 4.10. The van der Waals surface area contributed by atoms with Gasteiger partial charge in [0.2, 0.25) is 0 Å². The van der Waals surface area contributed by atoms with Crippen molar-refractivity contribution in [3.05, 3.63) is 36.0 Å². The number of aromatic nitrogens is 1. The molecule has 2 rings (SSSR count). The summed E-state index contributed by atoms with van der Waals surface area (Å²) in [4.78, 5) is 26.3. The minimum Gasteiger partial charge on any atom is -0.452 e. The Bertz CT molecular complexity index is 648. The summed E-state index contributed by atoms with van der Waals surface area (Å²) in [5.41, 5.74) is 2.25. The van der Waals surface area contributed by atoms with Crippen LogP contribution < -0.4 is 5.32 Å². The van der Waals surface area contributed by atoms with E-state index in [-0.39, 0.29) is 5.91 Å². The molecule has 0 aliphatic carbocycles. The Morgan fingerprint density at radius 2 is 2.09 bits per heavy atom. The number of H-pyrrole nitrogens is 1. The summed E-state index contributed by atoms with van der Waals surface area (Å²) in [5.74, 6) is -0.651. The highest BCUT2D eigenvalue weighted by Crippen LogP contribution is 2.17. The topological polar surface area (TPSA) is 71.2 Å². The molecule has 2 N–H and O–H groups in total. The fourth-order valence-corrected chi connectivity index (χ4v) is 2.48. The van der Waals surface area contributed by atoms with Gasteiger partial charge in [0.1, 0.15) is 0 Å². The molecule has 0 fully saturated rings. The van der Waals surface area contributed by atoms with Gasteiger partial charge in [0.05, 0.1) is 0 Å². The van der Waals surface area contributed by atoms with Crippen molar-refractivity contribution in [3.8, 4) is 0 Å². The highest BCUT2D eigenvalue weighted by atomic mass is 16.5. The van der Waals surface area contributed by atoms with Crippen LogP contribution in [0.3, 0.4) is 0 Å². The smallest absolute Gasteiger partial charge is 0.303 e. The Labute approximate surface area is 130 Å². The average molecular weight is 302 g/mol. The van der Waals surface area contributed by atoms with Gasteiger partial charge in [-0.3, -0.25) is 9.59 Å². The lowest BCUT2D eigenvalue weighted by atomic mass is 10.1. The molecule has 22 heavy (non-hydrogen) atoms. The van der Waals surface area contributed by atoms with Crippen molar-refractivity contribution in [3.63, 3.8) is 0 Å². The van der Waals surface area contributed by atoms with Gasteiger partial charge in [0, 0.05) is 30.6 Å². The number of amides is 1. The van der Waals surface area contributed by atoms with Crippen molar-refractivity contribution >= 4 is 22.8 Å². The number of ether oxygens (including phenoxy) is 1. The van der Waals surface area contributed by atoms with Crippen molar-refractivity contribution in [2.75, 3.05) is 6.54 Å². The Morgan fingerprint density at radius 3 is 2.82 bits per heavy atom. The molecule has 1 heterocycles. The maximum absolute atomic E-state index is 12.1. The van der Waals surface area contributed by atoms with Gasteiger partial charge < -0.3 is 15.0 Å². The van der Waals surface area contributed by atoms with Crippen LogP contribution in [-0.4, -0.2) is 29.5 Å². The van der Waals surface area contributed by atoms with Crippen LogP contribution >= 0.6 is 0 Å². The zero-order valence-electron chi connectivity index (χ0n) is 13.0. The van der Waals surface area contributed by atoms with E-state index in [1.54, 1.807) is 0 Å². The first kappa shape index (κ1) is 16.1. The van der Waals surface area contributed by atoms with Gasteiger partial charge in [-0.15, -0.1) is 0 Å². The summed E-state index contributed by atoms with van der Waals surface area (Å²) in [6.07, 6.45) is 3.33.